The third kappa shape index (κ3) is 11.2. The van der Waals surface area contributed by atoms with E-state index in [4.69, 9.17) is 18.6 Å². The van der Waals surface area contributed by atoms with Gasteiger partial charge in [0.1, 0.15) is 18.0 Å². The van der Waals surface area contributed by atoms with Crippen molar-refractivity contribution in [2.75, 3.05) is 13.7 Å². The Morgan fingerprint density at radius 2 is 1.57 bits per heavy atom. The predicted octanol–water partition coefficient (Wildman–Crippen LogP) is 7.63. The first-order chi connectivity index (χ1) is 18.6. The van der Waals surface area contributed by atoms with E-state index < -0.39 is 20.0 Å². The molecule has 0 saturated carbocycles. The van der Waals surface area contributed by atoms with Gasteiger partial charge in [0.2, 0.25) is 0 Å². The van der Waals surface area contributed by atoms with Gasteiger partial charge in [0.25, 0.3) is 0 Å². The maximum atomic E-state index is 12.9. The smallest absolute Gasteiger partial charge is 0.407 e. The number of amides is 1. The molecule has 7 nitrogen and oxygen atoms in total. The Balaban J connectivity index is 2.25. The molecule has 0 aromatic heterocycles. The van der Waals surface area contributed by atoms with Crippen LogP contribution in [0.5, 0.6) is 5.75 Å². The third-order valence-corrected chi connectivity index (χ3v) is 11.4. The first-order valence-corrected chi connectivity index (χ1v) is 16.7. The van der Waals surface area contributed by atoms with Crippen LogP contribution in [0.25, 0.3) is 6.08 Å². The van der Waals surface area contributed by atoms with Gasteiger partial charge in [-0.2, -0.15) is 0 Å². The summed E-state index contributed by atoms with van der Waals surface area (Å²) in [6, 6.07) is 16.5. The summed E-state index contributed by atoms with van der Waals surface area (Å²) in [4.78, 5) is 24.6. The number of benzene rings is 2. The van der Waals surface area contributed by atoms with E-state index in [1.807, 2.05) is 69.3 Å². The van der Waals surface area contributed by atoms with Gasteiger partial charge in [-0.15, -0.1) is 0 Å². The summed E-state index contributed by atoms with van der Waals surface area (Å²) in [5.41, 5.74) is 0.845. The molecular formula is C32H47NO6Si. The summed E-state index contributed by atoms with van der Waals surface area (Å²) >= 11 is 0. The molecule has 2 aromatic carbocycles. The number of nitrogens with one attached hydrogen (secondary N) is 1. The molecule has 0 aliphatic carbocycles. The standard InChI is InChI=1S/C32H47NO6Si/c1-31(2,3)38-30(35)33-27(18-14-13-15-24-19-21-25(22-20-24)29(34)36-7)28(39-40(8,9)32(4,5)6)23-37-26-16-11-10-12-17-26/h10-13,15-17,19-22,27-28H,14,18,23H2,1-9H3,(H,33,35)/t27-,28-/m1/s1. The highest BCUT2D eigenvalue weighted by Crippen LogP contribution is 2.38. The zero-order valence-corrected chi connectivity index (χ0v) is 26.6. The highest BCUT2D eigenvalue weighted by Gasteiger charge is 2.41. The Hall–Kier alpha value is -3.10. The van der Waals surface area contributed by atoms with Crippen molar-refractivity contribution in [1.82, 2.24) is 5.32 Å². The van der Waals surface area contributed by atoms with Crippen LogP contribution in [0.1, 0.15) is 70.3 Å². The van der Waals surface area contributed by atoms with E-state index in [2.05, 4.69) is 45.3 Å². The van der Waals surface area contributed by atoms with Gasteiger partial charge in [-0.25, -0.2) is 9.59 Å². The predicted molar refractivity (Wildman–Crippen MR) is 163 cm³/mol. The van der Waals surface area contributed by atoms with Gasteiger partial charge in [-0.1, -0.05) is 63.3 Å². The first-order valence-electron chi connectivity index (χ1n) is 13.8. The van der Waals surface area contributed by atoms with E-state index >= 15 is 0 Å². The fourth-order valence-electron chi connectivity index (χ4n) is 3.64. The molecule has 0 spiro atoms. The van der Waals surface area contributed by atoms with E-state index in [0.29, 0.717) is 18.4 Å². The largest absolute Gasteiger partial charge is 0.491 e. The summed E-state index contributed by atoms with van der Waals surface area (Å²) in [5.74, 6) is 0.384. The van der Waals surface area contributed by atoms with Crippen LogP contribution in [0, 0.1) is 0 Å². The number of methoxy groups -OCH3 is 1. The summed E-state index contributed by atoms with van der Waals surface area (Å²) in [5, 5.41) is 3.06. The van der Waals surface area contributed by atoms with Crippen molar-refractivity contribution < 1.29 is 28.2 Å². The summed E-state index contributed by atoms with van der Waals surface area (Å²) in [7, 11) is -0.847. The molecule has 0 aliphatic heterocycles. The van der Waals surface area contributed by atoms with Gasteiger partial charge in [0.05, 0.1) is 24.8 Å². The molecule has 220 valence electrons. The van der Waals surface area contributed by atoms with Crippen LogP contribution in [-0.2, 0) is 13.9 Å². The molecule has 0 radical (unpaired) electrons. The molecule has 2 rings (SSSR count). The zero-order chi connectivity index (χ0) is 30.0. The van der Waals surface area contributed by atoms with Crippen LogP contribution >= 0.6 is 0 Å². The lowest BCUT2D eigenvalue weighted by Crippen LogP contribution is -2.54. The molecule has 1 N–H and O–H groups in total. The second kappa shape index (κ2) is 14.5. The molecule has 0 aliphatic rings. The molecule has 0 bridgehead atoms. The van der Waals surface area contributed by atoms with Gasteiger partial charge >= 0.3 is 12.1 Å². The molecule has 40 heavy (non-hydrogen) atoms. The van der Waals surface area contributed by atoms with E-state index in [1.54, 1.807) is 12.1 Å². The van der Waals surface area contributed by atoms with Crippen molar-refractivity contribution in [1.29, 1.82) is 0 Å². The molecule has 2 atom stereocenters. The zero-order valence-electron chi connectivity index (χ0n) is 25.6. The van der Waals surface area contributed by atoms with Crippen LogP contribution in [-0.4, -0.2) is 51.8 Å². The number of esters is 1. The average Bonchev–Trinajstić information content (AvgIpc) is 2.87. The average molecular weight is 570 g/mol. The molecular weight excluding hydrogens is 522 g/mol. The molecule has 0 heterocycles. The van der Waals surface area contributed by atoms with E-state index in [1.165, 1.54) is 7.11 Å². The number of para-hydroxylation sites is 1. The van der Waals surface area contributed by atoms with Crippen molar-refractivity contribution in [2.24, 2.45) is 0 Å². The fraction of sp³-hybridized carbons (Fsp3) is 0.500. The SMILES string of the molecule is COC(=O)c1ccc(C=CCC[C@@H](NC(=O)OC(C)(C)C)[C@@H](COc2ccccc2)O[Si](C)(C)C(C)(C)C)cc1. The molecule has 0 fully saturated rings. The number of hydrogen-bond donors (Lipinski definition) is 1. The highest BCUT2D eigenvalue weighted by molar-refractivity contribution is 6.74. The number of ether oxygens (including phenoxy) is 3. The monoisotopic (exact) mass is 569 g/mol. The number of carbonyl (C=O) groups is 2. The minimum absolute atomic E-state index is 0.0231. The van der Waals surface area contributed by atoms with Crippen LogP contribution in [0.4, 0.5) is 4.79 Å². The van der Waals surface area contributed by atoms with Crippen LogP contribution in [0.2, 0.25) is 18.1 Å². The number of rotatable bonds is 12. The van der Waals surface area contributed by atoms with Crippen molar-refractivity contribution in [3.8, 4) is 5.75 Å². The minimum atomic E-state index is -2.21. The summed E-state index contributed by atoms with van der Waals surface area (Å²) < 4.78 is 23.4. The number of allylic oxidation sites excluding steroid dienone is 1. The van der Waals surface area contributed by atoms with Crippen molar-refractivity contribution in [3.05, 3.63) is 71.8 Å². The van der Waals surface area contributed by atoms with Crippen LogP contribution in [0.3, 0.4) is 0 Å². The fourth-order valence-corrected chi connectivity index (χ4v) is 4.98. The van der Waals surface area contributed by atoms with Crippen molar-refractivity contribution in [3.63, 3.8) is 0 Å². The van der Waals surface area contributed by atoms with E-state index in [-0.39, 0.29) is 29.8 Å². The van der Waals surface area contributed by atoms with Gasteiger partial charge in [-0.05, 0) is 81.6 Å². The lowest BCUT2D eigenvalue weighted by molar-refractivity contribution is 0.0363. The van der Waals surface area contributed by atoms with Crippen LogP contribution in [0.15, 0.2) is 60.7 Å². The normalized spacial score (nSPS) is 13.9. The second-order valence-corrected chi connectivity index (χ2v) is 17.1. The second-order valence-electron chi connectivity index (χ2n) is 12.4. The maximum Gasteiger partial charge on any atom is 0.407 e. The lowest BCUT2D eigenvalue weighted by Gasteiger charge is -2.41. The number of carbonyl (C=O) groups excluding carboxylic acids is 2. The lowest BCUT2D eigenvalue weighted by atomic mass is 10.0. The minimum Gasteiger partial charge on any atom is -0.491 e. The summed E-state index contributed by atoms with van der Waals surface area (Å²) in [6.07, 6.45) is 4.48. The van der Waals surface area contributed by atoms with Crippen molar-refractivity contribution in [2.45, 2.75) is 90.3 Å². The van der Waals surface area contributed by atoms with Crippen LogP contribution < -0.4 is 10.1 Å². The van der Waals surface area contributed by atoms with E-state index in [9.17, 15) is 9.59 Å². The molecule has 0 saturated heterocycles. The molecule has 2 aromatic rings. The maximum absolute atomic E-state index is 12.9. The van der Waals surface area contributed by atoms with E-state index in [0.717, 1.165) is 11.3 Å². The Kier molecular flexibility index (Phi) is 12.0. The number of alkyl carbamates (subject to hydrolysis) is 1. The quantitative estimate of drug-likeness (QED) is 0.209. The van der Waals surface area contributed by atoms with Crippen molar-refractivity contribution >= 4 is 26.5 Å². The van der Waals surface area contributed by atoms with Gasteiger partial charge in [0.15, 0.2) is 8.32 Å². The third-order valence-electron chi connectivity index (χ3n) is 6.85. The molecule has 0 unspecified atom stereocenters. The van der Waals surface area contributed by atoms with Gasteiger partial charge in [0, 0.05) is 0 Å². The Bertz CT molecular complexity index is 1100. The Morgan fingerprint density at radius 1 is 0.950 bits per heavy atom. The Morgan fingerprint density at radius 3 is 2.12 bits per heavy atom. The first kappa shape index (κ1) is 33.1. The summed E-state index contributed by atoms with van der Waals surface area (Å²) in [6.45, 7) is 16.8. The Labute approximate surface area is 241 Å². The highest BCUT2D eigenvalue weighted by atomic mass is 28.4. The van der Waals surface area contributed by atoms with Gasteiger partial charge in [-0.3, -0.25) is 0 Å². The molecule has 1 amide bonds. The molecule has 8 heteroatoms. The topological polar surface area (TPSA) is 83.1 Å². The number of hydrogen-bond acceptors (Lipinski definition) is 6. The van der Waals surface area contributed by atoms with Gasteiger partial charge < -0.3 is 24.0 Å².